The molecule has 0 bridgehead atoms. The molecular weight excluding hydrogens is 334 g/mol. The van der Waals surface area contributed by atoms with Crippen LogP contribution in [0, 0.1) is 5.92 Å². The van der Waals surface area contributed by atoms with E-state index in [9.17, 15) is 14.7 Å². The second-order valence-electron chi connectivity index (χ2n) is 7.08. The van der Waals surface area contributed by atoms with Crippen molar-refractivity contribution in [3.05, 3.63) is 23.8 Å². The molecule has 1 N–H and O–H groups in total. The summed E-state index contributed by atoms with van der Waals surface area (Å²) in [6.45, 7) is 9.45. The monoisotopic (exact) mass is 363 g/mol. The van der Waals surface area contributed by atoms with Crippen LogP contribution in [0.15, 0.2) is 18.2 Å². The van der Waals surface area contributed by atoms with Crippen molar-refractivity contribution in [3.8, 4) is 11.5 Å². The number of amides is 1. The van der Waals surface area contributed by atoms with Crippen LogP contribution >= 0.6 is 0 Å². The fourth-order valence-electron chi connectivity index (χ4n) is 3.32. The SMILES string of the molecule is CCOc1ccc(C(C)(C)C(=O)N2CCC[C@H](C(=O)O)C2)cc1OCC. The highest BCUT2D eigenvalue weighted by molar-refractivity contribution is 5.88. The van der Waals surface area contributed by atoms with Crippen LogP contribution in [0.5, 0.6) is 11.5 Å². The largest absolute Gasteiger partial charge is 0.490 e. The molecule has 1 aliphatic heterocycles. The van der Waals surface area contributed by atoms with Gasteiger partial charge in [0.1, 0.15) is 0 Å². The molecule has 1 aromatic rings. The highest BCUT2D eigenvalue weighted by atomic mass is 16.5. The van der Waals surface area contributed by atoms with Gasteiger partial charge >= 0.3 is 5.97 Å². The van der Waals surface area contributed by atoms with Gasteiger partial charge in [-0.25, -0.2) is 0 Å². The van der Waals surface area contributed by atoms with E-state index < -0.39 is 17.3 Å². The minimum absolute atomic E-state index is 0.0601. The van der Waals surface area contributed by atoms with E-state index in [2.05, 4.69) is 0 Å². The number of carboxylic acids is 1. The summed E-state index contributed by atoms with van der Waals surface area (Å²) in [4.78, 5) is 26.1. The Balaban J connectivity index is 2.26. The lowest BCUT2D eigenvalue weighted by molar-refractivity contribution is -0.147. The van der Waals surface area contributed by atoms with Crippen LogP contribution in [0.25, 0.3) is 0 Å². The number of rotatable bonds is 7. The Bertz CT molecular complexity index is 656. The van der Waals surface area contributed by atoms with Crippen LogP contribution < -0.4 is 9.47 Å². The summed E-state index contributed by atoms with van der Waals surface area (Å²) in [5.74, 6) is -0.0991. The van der Waals surface area contributed by atoms with Gasteiger partial charge < -0.3 is 19.5 Å². The lowest BCUT2D eigenvalue weighted by atomic mass is 9.82. The number of nitrogens with zero attached hydrogens (tertiary/aromatic N) is 1. The summed E-state index contributed by atoms with van der Waals surface area (Å²) in [6.07, 6.45) is 1.34. The molecule has 144 valence electrons. The normalized spacial score (nSPS) is 17.7. The van der Waals surface area contributed by atoms with Gasteiger partial charge in [0.25, 0.3) is 0 Å². The predicted octanol–water partition coefficient (Wildman–Crippen LogP) is 3.08. The number of piperidine rings is 1. The van der Waals surface area contributed by atoms with E-state index >= 15 is 0 Å². The van der Waals surface area contributed by atoms with Crippen molar-refractivity contribution in [2.24, 2.45) is 5.92 Å². The molecule has 1 amide bonds. The van der Waals surface area contributed by atoms with Crippen molar-refractivity contribution in [2.75, 3.05) is 26.3 Å². The minimum atomic E-state index is -0.833. The van der Waals surface area contributed by atoms with Crippen molar-refractivity contribution >= 4 is 11.9 Å². The fourth-order valence-corrected chi connectivity index (χ4v) is 3.32. The Morgan fingerprint density at radius 2 is 1.85 bits per heavy atom. The van der Waals surface area contributed by atoms with Gasteiger partial charge in [-0.1, -0.05) is 6.07 Å². The highest BCUT2D eigenvalue weighted by Crippen LogP contribution is 2.35. The molecule has 6 heteroatoms. The average molecular weight is 363 g/mol. The summed E-state index contributed by atoms with van der Waals surface area (Å²) in [5, 5.41) is 9.27. The Kier molecular flexibility index (Phi) is 6.51. The van der Waals surface area contributed by atoms with Gasteiger partial charge in [0.15, 0.2) is 11.5 Å². The number of ether oxygens (including phenoxy) is 2. The zero-order valence-electron chi connectivity index (χ0n) is 16.1. The molecule has 0 saturated carbocycles. The zero-order chi connectivity index (χ0) is 19.3. The molecule has 6 nitrogen and oxygen atoms in total. The molecule has 0 radical (unpaired) electrons. The third-order valence-electron chi connectivity index (χ3n) is 4.86. The molecule has 1 atom stereocenters. The van der Waals surface area contributed by atoms with Crippen LogP contribution in [0.3, 0.4) is 0 Å². The van der Waals surface area contributed by atoms with E-state index in [1.165, 1.54) is 0 Å². The van der Waals surface area contributed by atoms with Crippen LogP contribution in [0.4, 0.5) is 0 Å². The quantitative estimate of drug-likeness (QED) is 0.806. The first-order chi connectivity index (χ1) is 12.3. The average Bonchev–Trinajstić information content (AvgIpc) is 2.62. The van der Waals surface area contributed by atoms with Gasteiger partial charge in [0.2, 0.25) is 5.91 Å². The second-order valence-corrected chi connectivity index (χ2v) is 7.08. The standard InChI is InChI=1S/C20H29NO5/c1-5-25-16-10-9-15(12-17(16)26-6-2)20(3,4)19(24)21-11-7-8-14(13-21)18(22)23/h9-10,12,14H,5-8,11,13H2,1-4H3,(H,22,23)/t14-/m0/s1. The molecule has 0 aromatic heterocycles. The number of carboxylic acid groups (broad SMARTS) is 1. The molecule has 1 aromatic carbocycles. The molecule has 0 spiro atoms. The summed E-state index contributed by atoms with van der Waals surface area (Å²) in [7, 11) is 0. The Morgan fingerprint density at radius 1 is 1.19 bits per heavy atom. The molecular formula is C20H29NO5. The molecule has 1 saturated heterocycles. The van der Waals surface area contributed by atoms with Crippen molar-refractivity contribution in [1.29, 1.82) is 0 Å². The number of benzene rings is 1. The number of hydrogen-bond acceptors (Lipinski definition) is 4. The Hall–Kier alpha value is -2.24. The maximum absolute atomic E-state index is 13.1. The van der Waals surface area contributed by atoms with Crippen molar-refractivity contribution in [1.82, 2.24) is 4.90 Å². The molecule has 0 unspecified atom stereocenters. The van der Waals surface area contributed by atoms with Gasteiger partial charge in [-0.05, 0) is 58.2 Å². The fraction of sp³-hybridized carbons (Fsp3) is 0.600. The Morgan fingerprint density at radius 3 is 2.46 bits per heavy atom. The zero-order valence-corrected chi connectivity index (χ0v) is 16.1. The first-order valence-corrected chi connectivity index (χ1v) is 9.23. The molecule has 26 heavy (non-hydrogen) atoms. The number of carbonyl (C=O) groups is 2. The van der Waals surface area contributed by atoms with E-state index in [0.717, 1.165) is 5.56 Å². The van der Waals surface area contributed by atoms with E-state index in [0.29, 0.717) is 44.1 Å². The van der Waals surface area contributed by atoms with Gasteiger partial charge in [-0.3, -0.25) is 9.59 Å². The van der Waals surface area contributed by atoms with Gasteiger partial charge in [0, 0.05) is 13.1 Å². The Labute approximate surface area is 155 Å². The lowest BCUT2D eigenvalue weighted by Crippen LogP contribution is -2.49. The first-order valence-electron chi connectivity index (χ1n) is 9.23. The summed E-state index contributed by atoms with van der Waals surface area (Å²) in [5.41, 5.74) is 0.0450. The number of carbonyl (C=O) groups excluding carboxylic acids is 1. The maximum Gasteiger partial charge on any atom is 0.308 e. The highest BCUT2D eigenvalue weighted by Gasteiger charge is 2.37. The predicted molar refractivity (Wildman–Crippen MR) is 98.7 cm³/mol. The molecule has 0 aliphatic carbocycles. The molecule has 1 heterocycles. The number of hydrogen-bond donors (Lipinski definition) is 1. The van der Waals surface area contributed by atoms with Crippen molar-refractivity contribution in [3.63, 3.8) is 0 Å². The summed E-state index contributed by atoms with van der Waals surface area (Å²) in [6, 6.07) is 5.56. The second kappa shape index (κ2) is 8.43. The van der Waals surface area contributed by atoms with E-state index in [-0.39, 0.29) is 12.5 Å². The van der Waals surface area contributed by atoms with E-state index in [4.69, 9.17) is 9.47 Å². The van der Waals surface area contributed by atoms with Crippen LogP contribution in [0.1, 0.15) is 46.1 Å². The topological polar surface area (TPSA) is 76.1 Å². The third-order valence-corrected chi connectivity index (χ3v) is 4.86. The van der Waals surface area contributed by atoms with E-state index in [1.54, 1.807) is 4.90 Å². The third kappa shape index (κ3) is 4.29. The van der Waals surface area contributed by atoms with Crippen LogP contribution in [-0.4, -0.2) is 48.2 Å². The number of likely N-dealkylation sites (tertiary alicyclic amines) is 1. The molecule has 2 rings (SSSR count). The van der Waals surface area contributed by atoms with Gasteiger partial charge in [0.05, 0.1) is 24.5 Å². The number of aliphatic carboxylic acids is 1. The molecule has 1 aliphatic rings. The summed E-state index contributed by atoms with van der Waals surface area (Å²) < 4.78 is 11.3. The minimum Gasteiger partial charge on any atom is -0.490 e. The van der Waals surface area contributed by atoms with Crippen molar-refractivity contribution in [2.45, 2.75) is 46.0 Å². The first kappa shape index (κ1) is 20.1. The van der Waals surface area contributed by atoms with Gasteiger partial charge in [-0.15, -0.1) is 0 Å². The van der Waals surface area contributed by atoms with Crippen LogP contribution in [-0.2, 0) is 15.0 Å². The smallest absolute Gasteiger partial charge is 0.308 e. The van der Waals surface area contributed by atoms with Crippen molar-refractivity contribution < 1.29 is 24.2 Å². The summed E-state index contributed by atoms with van der Waals surface area (Å²) >= 11 is 0. The van der Waals surface area contributed by atoms with Gasteiger partial charge in [-0.2, -0.15) is 0 Å². The molecule has 1 fully saturated rings. The van der Waals surface area contributed by atoms with E-state index in [1.807, 2.05) is 45.9 Å². The lowest BCUT2D eigenvalue weighted by Gasteiger charge is -2.36. The maximum atomic E-state index is 13.1. The van der Waals surface area contributed by atoms with Crippen LogP contribution in [0.2, 0.25) is 0 Å².